The number of aromatic nitrogens is 5. The Morgan fingerprint density at radius 2 is 1.88 bits per heavy atom. The van der Waals surface area contributed by atoms with Gasteiger partial charge in [-0.15, -0.1) is 0 Å². The van der Waals surface area contributed by atoms with E-state index in [1.807, 2.05) is 24.4 Å². The summed E-state index contributed by atoms with van der Waals surface area (Å²) in [5.41, 5.74) is 4.51. The number of aryl methyl sites for hydroxylation is 4. The van der Waals surface area contributed by atoms with Crippen LogP contribution < -0.4 is 16.2 Å². The van der Waals surface area contributed by atoms with E-state index in [0.29, 0.717) is 24.7 Å². The SMILES string of the molecule is CCc1cc(NCCNc2nc(C)cc(=O)[nH]2)n2nc(C)c(C)c2n1. The Bertz CT molecular complexity index is 958. The van der Waals surface area contributed by atoms with Gasteiger partial charge in [0.1, 0.15) is 5.82 Å². The van der Waals surface area contributed by atoms with E-state index in [2.05, 4.69) is 37.6 Å². The number of rotatable bonds is 6. The van der Waals surface area contributed by atoms with Crippen molar-refractivity contribution in [2.24, 2.45) is 0 Å². The molecule has 8 nitrogen and oxygen atoms in total. The predicted octanol–water partition coefficient (Wildman–Crippen LogP) is 1.82. The van der Waals surface area contributed by atoms with E-state index in [1.54, 1.807) is 6.92 Å². The summed E-state index contributed by atoms with van der Waals surface area (Å²) in [4.78, 5) is 23.0. The Morgan fingerprint density at radius 1 is 1.12 bits per heavy atom. The van der Waals surface area contributed by atoms with Crippen molar-refractivity contribution in [3.8, 4) is 0 Å². The van der Waals surface area contributed by atoms with Crippen molar-refractivity contribution in [2.75, 3.05) is 23.7 Å². The third-order valence-corrected chi connectivity index (χ3v) is 4.07. The zero-order valence-corrected chi connectivity index (χ0v) is 15.0. The molecule has 0 bridgehead atoms. The van der Waals surface area contributed by atoms with Crippen LogP contribution in [-0.2, 0) is 6.42 Å². The number of H-pyrrole nitrogens is 1. The van der Waals surface area contributed by atoms with Gasteiger partial charge in [-0.25, -0.2) is 9.97 Å². The van der Waals surface area contributed by atoms with E-state index >= 15 is 0 Å². The van der Waals surface area contributed by atoms with Gasteiger partial charge in [-0.05, 0) is 27.2 Å². The highest BCUT2D eigenvalue weighted by atomic mass is 16.1. The number of hydrogen-bond donors (Lipinski definition) is 3. The van der Waals surface area contributed by atoms with Crippen LogP contribution in [0.15, 0.2) is 16.9 Å². The molecule has 0 atom stereocenters. The number of fused-ring (bicyclic) bond motifs is 1. The summed E-state index contributed by atoms with van der Waals surface area (Å²) in [7, 11) is 0. The summed E-state index contributed by atoms with van der Waals surface area (Å²) >= 11 is 0. The third-order valence-electron chi connectivity index (χ3n) is 4.07. The van der Waals surface area contributed by atoms with Crippen molar-refractivity contribution in [1.82, 2.24) is 24.6 Å². The molecule has 0 unspecified atom stereocenters. The molecule has 0 saturated heterocycles. The molecule has 0 fully saturated rings. The minimum absolute atomic E-state index is 0.158. The van der Waals surface area contributed by atoms with Crippen LogP contribution in [0.2, 0.25) is 0 Å². The maximum absolute atomic E-state index is 11.4. The highest BCUT2D eigenvalue weighted by Crippen LogP contribution is 2.18. The molecule has 8 heteroatoms. The van der Waals surface area contributed by atoms with Gasteiger partial charge in [0, 0.05) is 42.2 Å². The molecule has 3 heterocycles. The lowest BCUT2D eigenvalue weighted by molar-refractivity contribution is 0.886. The van der Waals surface area contributed by atoms with E-state index in [-0.39, 0.29) is 5.56 Å². The largest absolute Gasteiger partial charge is 0.368 e. The van der Waals surface area contributed by atoms with E-state index in [4.69, 9.17) is 0 Å². The standard InChI is InChI=1S/C17H23N7O/c1-5-13-9-14(24-16(21-13)11(3)12(4)23-24)18-6-7-19-17-20-10(2)8-15(25)22-17/h8-9,18H,5-7H2,1-4H3,(H2,19,20,22,25). The van der Waals surface area contributed by atoms with Crippen LogP contribution in [0.4, 0.5) is 11.8 Å². The second kappa shape index (κ2) is 6.92. The first-order chi connectivity index (χ1) is 12.0. The molecule has 0 aliphatic heterocycles. The Balaban J connectivity index is 1.72. The normalized spacial score (nSPS) is 11.0. The van der Waals surface area contributed by atoms with Gasteiger partial charge in [0.25, 0.3) is 5.56 Å². The van der Waals surface area contributed by atoms with Gasteiger partial charge in [-0.3, -0.25) is 9.78 Å². The van der Waals surface area contributed by atoms with E-state index in [0.717, 1.165) is 34.8 Å². The predicted molar refractivity (Wildman–Crippen MR) is 98.4 cm³/mol. The average Bonchev–Trinajstić information content (AvgIpc) is 2.85. The van der Waals surface area contributed by atoms with Crippen molar-refractivity contribution in [1.29, 1.82) is 0 Å². The van der Waals surface area contributed by atoms with Crippen molar-refractivity contribution in [2.45, 2.75) is 34.1 Å². The van der Waals surface area contributed by atoms with Gasteiger partial charge < -0.3 is 10.6 Å². The van der Waals surface area contributed by atoms with Gasteiger partial charge in [-0.1, -0.05) is 6.92 Å². The first-order valence-corrected chi connectivity index (χ1v) is 8.39. The number of nitrogens with one attached hydrogen (secondary N) is 3. The molecule has 25 heavy (non-hydrogen) atoms. The zero-order chi connectivity index (χ0) is 18.0. The molecule has 0 saturated carbocycles. The molecule has 132 valence electrons. The highest BCUT2D eigenvalue weighted by Gasteiger charge is 2.11. The summed E-state index contributed by atoms with van der Waals surface area (Å²) < 4.78 is 1.84. The molecule has 3 rings (SSSR count). The summed E-state index contributed by atoms with van der Waals surface area (Å²) in [5, 5.41) is 11.1. The molecule has 0 aromatic carbocycles. The van der Waals surface area contributed by atoms with Crippen LogP contribution in [0.25, 0.3) is 5.65 Å². The fourth-order valence-corrected chi connectivity index (χ4v) is 2.62. The van der Waals surface area contributed by atoms with Gasteiger partial charge >= 0.3 is 0 Å². The smallest absolute Gasteiger partial charge is 0.252 e. The molecule has 3 aromatic heterocycles. The number of hydrogen-bond acceptors (Lipinski definition) is 6. The fraction of sp³-hybridized carbons (Fsp3) is 0.412. The van der Waals surface area contributed by atoms with Crippen molar-refractivity contribution in [3.05, 3.63) is 45.1 Å². The molecule has 0 spiro atoms. The molecule has 0 aliphatic carbocycles. The van der Waals surface area contributed by atoms with Crippen molar-refractivity contribution >= 4 is 17.4 Å². The summed E-state index contributed by atoms with van der Waals surface area (Å²) in [5.74, 6) is 1.39. The molecule has 3 N–H and O–H groups in total. The van der Waals surface area contributed by atoms with Crippen LogP contribution in [0.1, 0.15) is 29.6 Å². The lowest BCUT2D eigenvalue weighted by atomic mass is 10.2. The molecule has 0 aliphatic rings. The second-order valence-electron chi connectivity index (χ2n) is 6.02. The Labute approximate surface area is 145 Å². The Hall–Kier alpha value is -2.90. The van der Waals surface area contributed by atoms with E-state index < -0.39 is 0 Å². The van der Waals surface area contributed by atoms with E-state index in [9.17, 15) is 4.79 Å². The first kappa shape index (κ1) is 16.9. The average molecular weight is 341 g/mol. The first-order valence-electron chi connectivity index (χ1n) is 8.39. The maximum Gasteiger partial charge on any atom is 0.252 e. The summed E-state index contributed by atoms with van der Waals surface area (Å²) in [6.45, 7) is 9.16. The topological polar surface area (TPSA) is 100 Å². The second-order valence-corrected chi connectivity index (χ2v) is 6.02. The van der Waals surface area contributed by atoms with Crippen molar-refractivity contribution in [3.63, 3.8) is 0 Å². The zero-order valence-electron chi connectivity index (χ0n) is 15.0. The van der Waals surface area contributed by atoms with Crippen LogP contribution in [0.3, 0.4) is 0 Å². The van der Waals surface area contributed by atoms with Crippen LogP contribution in [0, 0.1) is 20.8 Å². The number of nitrogens with zero attached hydrogens (tertiary/aromatic N) is 4. The third kappa shape index (κ3) is 3.62. The van der Waals surface area contributed by atoms with Crippen LogP contribution in [0.5, 0.6) is 0 Å². The number of anilines is 2. The van der Waals surface area contributed by atoms with E-state index in [1.165, 1.54) is 6.07 Å². The van der Waals surface area contributed by atoms with Gasteiger partial charge in [0.05, 0.1) is 5.69 Å². The lowest BCUT2D eigenvalue weighted by Crippen LogP contribution is -2.19. The monoisotopic (exact) mass is 341 g/mol. The summed E-state index contributed by atoms with van der Waals surface area (Å²) in [6.07, 6.45) is 0.863. The maximum atomic E-state index is 11.4. The van der Waals surface area contributed by atoms with Crippen LogP contribution in [-0.4, -0.2) is 37.7 Å². The molecule has 3 aromatic rings. The van der Waals surface area contributed by atoms with Gasteiger partial charge in [-0.2, -0.15) is 9.61 Å². The Morgan fingerprint density at radius 3 is 2.60 bits per heavy atom. The highest BCUT2D eigenvalue weighted by molar-refractivity contribution is 5.56. The molecule has 0 radical (unpaired) electrons. The Kier molecular flexibility index (Phi) is 4.69. The molecule has 0 amide bonds. The quantitative estimate of drug-likeness (QED) is 0.592. The molecular formula is C17H23N7O. The summed E-state index contributed by atoms with van der Waals surface area (Å²) in [6, 6.07) is 3.48. The van der Waals surface area contributed by atoms with Crippen LogP contribution >= 0.6 is 0 Å². The van der Waals surface area contributed by atoms with Gasteiger partial charge in [0.2, 0.25) is 5.95 Å². The number of aromatic amines is 1. The van der Waals surface area contributed by atoms with Crippen molar-refractivity contribution < 1.29 is 0 Å². The minimum atomic E-state index is -0.158. The molecular weight excluding hydrogens is 318 g/mol. The van der Waals surface area contributed by atoms with Gasteiger partial charge in [0.15, 0.2) is 5.65 Å². The minimum Gasteiger partial charge on any atom is -0.368 e. The lowest BCUT2D eigenvalue weighted by Gasteiger charge is -2.11. The fourth-order valence-electron chi connectivity index (χ4n) is 2.62.